The molecule has 0 saturated carbocycles. The zero-order chi connectivity index (χ0) is 19.4. The maximum absolute atomic E-state index is 13.0. The third-order valence-corrected chi connectivity index (χ3v) is 4.76. The Morgan fingerprint density at radius 3 is 2.48 bits per heavy atom. The van der Waals surface area contributed by atoms with Crippen LogP contribution in [0, 0.1) is 0 Å². The van der Waals surface area contributed by atoms with Crippen molar-refractivity contribution >= 4 is 23.3 Å². The van der Waals surface area contributed by atoms with Gasteiger partial charge in [0.05, 0.1) is 0 Å². The predicted molar refractivity (Wildman–Crippen MR) is 108 cm³/mol. The normalized spacial score (nSPS) is 13.4. The molecular formula is C21H26N4O2. The lowest BCUT2D eigenvalue weighted by atomic mass is 10.1. The van der Waals surface area contributed by atoms with Gasteiger partial charge in [-0.05, 0) is 42.8 Å². The summed E-state index contributed by atoms with van der Waals surface area (Å²) >= 11 is 0. The molecule has 27 heavy (non-hydrogen) atoms. The van der Waals surface area contributed by atoms with E-state index in [1.165, 1.54) is 0 Å². The molecule has 1 fully saturated rings. The van der Waals surface area contributed by atoms with Gasteiger partial charge in [-0.15, -0.1) is 0 Å². The predicted octanol–water partition coefficient (Wildman–Crippen LogP) is 2.94. The molecule has 3 rings (SSSR count). The van der Waals surface area contributed by atoms with Crippen molar-refractivity contribution in [1.29, 1.82) is 0 Å². The molecule has 0 unspecified atom stereocenters. The van der Waals surface area contributed by atoms with Crippen LogP contribution in [0.3, 0.4) is 0 Å². The summed E-state index contributed by atoms with van der Waals surface area (Å²) in [6.07, 6.45) is 0. The van der Waals surface area contributed by atoms with Gasteiger partial charge >= 0.3 is 6.03 Å². The molecule has 0 radical (unpaired) electrons. The van der Waals surface area contributed by atoms with E-state index in [0.29, 0.717) is 31.7 Å². The van der Waals surface area contributed by atoms with Crippen LogP contribution in [0.15, 0.2) is 48.5 Å². The molecule has 2 aromatic carbocycles. The molecule has 1 aliphatic heterocycles. The second-order valence-electron chi connectivity index (χ2n) is 6.81. The summed E-state index contributed by atoms with van der Waals surface area (Å²) in [6, 6.07) is 15.4. The Hall–Kier alpha value is -3.02. The van der Waals surface area contributed by atoms with E-state index in [1.807, 2.05) is 43.0 Å². The highest BCUT2D eigenvalue weighted by atomic mass is 16.2. The van der Waals surface area contributed by atoms with Crippen molar-refractivity contribution in [3.63, 3.8) is 0 Å². The standard InChI is InChI=1S/C21H26N4O2/c1-4-24(15-16-8-10-18(11-9-16)23(2)3)20(26)17-6-5-7-19(14-17)25-13-12-22-21(25)27/h5-11,14H,4,12-13,15H2,1-3H3,(H,22,27). The number of nitrogens with zero attached hydrogens (tertiary/aromatic N) is 3. The Bertz CT molecular complexity index is 817. The summed E-state index contributed by atoms with van der Waals surface area (Å²) in [4.78, 5) is 30.4. The van der Waals surface area contributed by atoms with E-state index in [4.69, 9.17) is 0 Å². The molecule has 142 valence electrons. The summed E-state index contributed by atoms with van der Waals surface area (Å²) in [5.74, 6) is -0.0318. The molecule has 0 aliphatic carbocycles. The fraction of sp³-hybridized carbons (Fsp3) is 0.333. The molecule has 0 bridgehead atoms. The van der Waals surface area contributed by atoms with E-state index in [9.17, 15) is 9.59 Å². The average Bonchev–Trinajstić information content (AvgIpc) is 3.12. The smallest absolute Gasteiger partial charge is 0.321 e. The van der Waals surface area contributed by atoms with Crippen LogP contribution in [0.25, 0.3) is 0 Å². The number of amides is 3. The average molecular weight is 366 g/mol. The summed E-state index contributed by atoms with van der Waals surface area (Å²) in [6.45, 7) is 4.39. The summed E-state index contributed by atoms with van der Waals surface area (Å²) in [7, 11) is 4.01. The van der Waals surface area contributed by atoms with Crippen LogP contribution in [0.5, 0.6) is 0 Å². The first kappa shape index (κ1) is 18.8. The van der Waals surface area contributed by atoms with Crippen LogP contribution in [-0.4, -0.2) is 50.6 Å². The Morgan fingerprint density at radius 1 is 1.15 bits per heavy atom. The highest BCUT2D eigenvalue weighted by Gasteiger charge is 2.22. The third kappa shape index (κ3) is 4.22. The maximum atomic E-state index is 13.0. The topological polar surface area (TPSA) is 55.9 Å². The van der Waals surface area contributed by atoms with Gasteiger partial charge in [0.25, 0.3) is 5.91 Å². The minimum absolute atomic E-state index is 0.0318. The molecule has 0 spiro atoms. The molecular weight excluding hydrogens is 340 g/mol. The lowest BCUT2D eigenvalue weighted by Gasteiger charge is -2.23. The van der Waals surface area contributed by atoms with E-state index in [0.717, 1.165) is 16.9 Å². The van der Waals surface area contributed by atoms with Crippen LogP contribution < -0.4 is 15.1 Å². The van der Waals surface area contributed by atoms with Gasteiger partial charge in [-0.3, -0.25) is 9.69 Å². The van der Waals surface area contributed by atoms with Gasteiger partial charge in [0.2, 0.25) is 0 Å². The highest BCUT2D eigenvalue weighted by Crippen LogP contribution is 2.20. The van der Waals surface area contributed by atoms with Gasteiger partial charge in [-0.25, -0.2) is 4.79 Å². The van der Waals surface area contributed by atoms with E-state index in [2.05, 4.69) is 29.6 Å². The van der Waals surface area contributed by atoms with Crippen LogP contribution in [0.4, 0.5) is 16.2 Å². The van der Waals surface area contributed by atoms with Gasteiger partial charge in [0, 0.05) is 57.2 Å². The van der Waals surface area contributed by atoms with Crippen LogP contribution >= 0.6 is 0 Å². The van der Waals surface area contributed by atoms with Gasteiger partial charge < -0.3 is 15.1 Å². The zero-order valence-electron chi connectivity index (χ0n) is 16.1. The van der Waals surface area contributed by atoms with Gasteiger partial charge in [0.1, 0.15) is 0 Å². The first-order valence-electron chi connectivity index (χ1n) is 9.20. The Balaban J connectivity index is 1.75. The minimum atomic E-state index is -0.118. The molecule has 1 heterocycles. The van der Waals surface area contributed by atoms with E-state index in [-0.39, 0.29) is 11.9 Å². The molecule has 6 heteroatoms. The number of rotatable bonds is 6. The molecule has 3 amide bonds. The molecule has 1 aliphatic rings. The summed E-state index contributed by atoms with van der Waals surface area (Å²) < 4.78 is 0. The fourth-order valence-corrected chi connectivity index (χ4v) is 3.15. The number of benzene rings is 2. The van der Waals surface area contributed by atoms with E-state index in [1.54, 1.807) is 17.0 Å². The van der Waals surface area contributed by atoms with Crippen molar-refractivity contribution in [2.24, 2.45) is 0 Å². The lowest BCUT2D eigenvalue weighted by Crippen LogP contribution is -2.31. The van der Waals surface area contributed by atoms with Crippen molar-refractivity contribution in [3.8, 4) is 0 Å². The lowest BCUT2D eigenvalue weighted by molar-refractivity contribution is 0.0752. The third-order valence-electron chi connectivity index (χ3n) is 4.76. The van der Waals surface area contributed by atoms with Crippen molar-refractivity contribution < 1.29 is 9.59 Å². The number of carbonyl (C=O) groups is 2. The van der Waals surface area contributed by atoms with Crippen molar-refractivity contribution in [2.75, 3.05) is 43.5 Å². The molecule has 0 aromatic heterocycles. The number of anilines is 2. The monoisotopic (exact) mass is 366 g/mol. The second kappa shape index (κ2) is 8.12. The molecule has 6 nitrogen and oxygen atoms in total. The van der Waals surface area contributed by atoms with Crippen LogP contribution in [0.1, 0.15) is 22.8 Å². The molecule has 1 N–H and O–H groups in total. The molecule has 2 aromatic rings. The first-order valence-corrected chi connectivity index (χ1v) is 9.20. The number of nitrogens with one attached hydrogen (secondary N) is 1. The highest BCUT2D eigenvalue weighted by molar-refractivity contribution is 5.98. The fourth-order valence-electron chi connectivity index (χ4n) is 3.15. The van der Waals surface area contributed by atoms with Gasteiger partial charge in [-0.1, -0.05) is 18.2 Å². The van der Waals surface area contributed by atoms with E-state index >= 15 is 0 Å². The Kier molecular flexibility index (Phi) is 5.64. The quantitative estimate of drug-likeness (QED) is 0.855. The van der Waals surface area contributed by atoms with Gasteiger partial charge in [-0.2, -0.15) is 0 Å². The number of carbonyl (C=O) groups excluding carboxylic acids is 2. The first-order chi connectivity index (χ1) is 13.0. The number of hydrogen-bond acceptors (Lipinski definition) is 3. The molecule has 0 atom stereocenters. The largest absolute Gasteiger partial charge is 0.378 e. The SMILES string of the molecule is CCN(Cc1ccc(N(C)C)cc1)C(=O)c1cccc(N2CCNC2=O)c1. The zero-order valence-corrected chi connectivity index (χ0v) is 16.1. The summed E-state index contributed by atoms with van der Waals surface area (Å²) in [5.41, 5.74) is 3.57. The Labute approximate surface area is 160 Å². The van der Waals surface area contributed by atoms with Crippen molar-refractivity contribution in [3.05, 3.63) is 59.7 Å². The van der Waals surface area contributed by atoms with Crippen LogP contribution in [0.2, 0.25) is 0 Å². The van der Waals surface area contributed by atoms with Crippen molar-refractivity contribution in [2.45, 2.75) is 13.5 Å². The van der Waals surface area contributed by atoms with Crippen LogP contribution in [-0.2, 0) is 6.54 Å². The summed E-state index contributed by atoms with van der Waals surface area (Å²) in [5, 5.41) is 2.78. The van der Waals surface area contributed by atoms with E-state index < -0.39 is 0 Å². The minimum Gasteiger partial charge on any atom is -0.378 e. The van der Waals surface area contributed by atoms with Crippen molar-refractivity contribution in [1.82, 2.24) is 10.2 Å². The molecule has 1 saturated heterocycles. The second-order valence-corrected chi connectivity index (χ2v) is 6.81. The number of hydrogen-bond donors (Lipinski definition) is 1. The van der Waals surface area contributed by atoms with Gasteiger partial charge in [0.15, 0.2) is 0 Å². The maximum Gasteiger partial charge on any atom is 0.321 e. The number of urea groups is 1. The Morgan fingerprint density at radius 2 is 1.89 bits per heavy atom.